The molecule has 21 heavy (non-hydrogen) atoms. The lowest BCUT2D eigenvalue weighted by Crippen LogP contribution is -2.34. The number of aromatic nitrogens is 2. The summed E-state index contributed by atoms with van der Waals surface area (Å²) in [4.78, 5) is 4.72. The summed E-state index contributed by atoms with van der Waals surface area (Å²) in [6.07, 6.45) is 2.52. The number of hydrogen-bond donors (Lipinski definition) is 0. The molecular weight excluding hydrogens is 350 g/mol. The van der Waals surface area contributed by atoms with Crippen LogP contribution >= 0.6 is 34.7 Å². The van der Waals surface area contributed by atoms with Crippen LogP contribution in [0.25, 0.3) is 4.96 Å². The Morgan fingerprint density at radius 3 is 2.90 bits per heavy atom. The summed E-state index contributed by atoms with van der Waals surface area (Å²) < 4.78 is 29.0. The molecular formula is C12H16ClN3O2S3. The van der Waals surface area contributed by atoms with Gasteiger partial charge in [0.25, 0.3) is 10.0 Å². The summed E-state index contributed by atoms with van der Waals surface area (Å²) in [6, 6.07) is 0. The maximum Gasteiger partial charge on any atom is 0.262 e. The van der Waals surface area contributed by atoms with E-state index >= 15 is 0 Å². The SMILES string of the molecule is CC1(C)CCN(S(=O)(=O)c2c(Cl)nc3sccn23)CCS1. The van der Waals surface area contributed by atoms with Crippen LogP contribution in [0.1, 0.15) is 20.3 Å². The normalized spacial score (nSPS) is 20.7. The Bertz CT molecular complexity index is 766. The van der Waals surface area contributed by atoms with Gasteiger partial charge in [0.1, 0.15) is 0 Å². The van der Waals surface area contributed by atoms with Gasteiger partial charge < -0.3 is 0 Å². The second kappa shape index (κ2) is 5.42. The van der Waals surface area contributed by atoms with Crippen LogP contribution < -0.4 is 0 Å². The van der Waals surface area contributed by atoms with Crippen molar-refractivity contribution in [2.75, 3.05) is 18.8 Å². The maximum absolute atomic E-state index is 12.9. The standard InChI is InChI=1S/C12H16ClN3O2S3/c1-12(2)3-4-15(5-8-20-12)21(17,18)10-9(13)14-11-16(10)6-7-19-11/h6-7H,3-5,8H2,1-2H3. The third-order valence-electron chi connectivity index (χ3n) is 3.56. The van der Waals surface area contributed by atoms with Crippen molar-refractivity contribution in [3.05, 3.63) is 16.7 Å². The minimum atomic E-state index is -3.62. The Morgan fingerprint density at radius 1 is 1.38 bits per heavy atom. The number of thiazole rings is 1. The summed E-state index contributed by atoms with van der Waals surface area (Å²) in [5.74, 6) is 0.787. The van der Waals surface area contributed by atoms with Crippen molar-refractivity contribution in [2.45, 2.75) is 30.0 Å². The number of fused-ring (bicyclic) bond motifs is 1. The van der Waals surface area contributed by atoms with E-state index < -0.39 is 10.0 Å². The lowest BCUT2D eigenvalue weighted by atomic mass is 10.1. The van der Waals surface area contributed by atoms with Gasteiger partial charge in [0.15, 0.2) is 15.1 Å². The van der Waals surface area contributed by atoms with E-state index in [1.54, 1.807) is 16.0 Å². The molecule has 1 aliphatic rings. The van der Waals surface area contributed by atoms with Gasteiger partial charge in [0.2, 0.25) is 0 Å². The van der Waals surface area contributed by atoms with E-state index in [0.717, 1.165) is 12.2 Å². The first-order valence-electron chi connectivity index (χ1n) is 6.56. The van der Waals surface area contributed by atoms with E-state index in [-0.39, 0.29) is 14.9 Å². The molecule has 0 amide bonds. The van der Waals surface area contributed by atoms with E-state index in [9.17, 15) is 8.42 Å². The van der Waals surface area contributed by atoms with Crippen LogP contribution in [0.3, 0.4) is 0 Å². The molecule has 3 heterocycles. The number of sulfonamides is 1. The Kier molecular flexibility index (Phi) is 4.03. The van der Waals surface area contributed by atoms with Crippen molar-refractivity contribution in [3.63, 3.8) is 0 Å². The molecule has 0 spiro atoms. The molecule has 9 heteroatoms. The number of thioether (sulfide) groups is 1. The number of halogens is 1. The zero-order valence-corrected chi connectivity index (χ0v) is 14.9. The van der Waals surface area contributed by atoms with Gasteiger partial charge in [-0.1, -0.05) is 25.4 Å². The predicted octanol–water partition coefficient (Wildman–Crippen LogP) is 2.96. The van der Waals surface area contributed by atoms with E-state index in [4.69, 9.17) is 11.6 Å². The van der Waals surface area contributed by atoms with Crippen LogP contribution in [0.5, 0.6) is 0 Å². The maximum atomic E-state index is 12.9. The molecule has 0 saturated carbocycles. The van der Waals surface area contributed by atoms with Crippen molar-refractivity contribution < 1.29 is 8.42 Å². The fourth-order valence-corrected chi connectivity index (χ4v) is 6.40. The summed E-state index contributed by atoms with van der Waals surface area (Å²) in [5.41, 5.74) is 0. The highest BCUT2D eigenvalue weighted by Crippen LogP contribution is 2.34. The van der Waals surface area contributed by atoms with Crippen LogP contribution in [-0.2, 0) is 10.0 Å². The predicted molar refractivity (Wildman–Crippen MR) is 88.0 cm³/mol. The van der Waals surface area contributed by atoms with Gasteiger partial charge in [0, 0.05) is 35.2 Å². The van der Waals surface area contributed by atoms with E-state index in [1.807, 2.05) is 11.8 Å². The quantitative estimate of drug-likeness (QED) is 0.821. The van der Waals surface area contributed by atoms with Gasteiger partial charge in [-0.05, 0) is 6.42 Å². The second-order valence-corrected chi connectivity index (χ2v) is 10.4. The molecule has 0 atom stereocenters. The van der Waals surface area contributed by atoms with Gasteiger partial charge in [-0.15, -0.1) is 11.3 Å². The van der Waals surface area contributed by atoms with Crippen molar-refractivity contribution in [1.82, 2.24) is 13.7 Å². The minimum absolute atomic E-state index is 0.0537. The van der Waals surface area contributed by atoms with Crippen molar-refractivity contribution in [2.24, 2.45) is 0 Å². The first-order valence-corrected chi connectivity index (χ1v) is 10.2. The van der Waals surface area contributed by atoms with Crippen LogP contribution in [0, 0.1) is 0 Å². The molecule has 1 saturated heterocycles. The van der Waals surface area contributed by atoms with Gasteiger partial charge in [-0.3, -0.25) is 4.40 Å². The zero-order valence-electron chi connectivity index (χ0n) is 11.7. The highest BCUT2D eigenvalue weighted by Gasteiger charge is 2.34. The largest absolute Gasteiger partial charge is 0.279 e. The van der Waals surface area contributed by atoms with Crippen molar-refractivity contribution in [1.29, 1.82) is 0 Å². The lowest BCUT2D eigenvalue weighted by molar-refractivity contribution is 0.413. The van der Waals surface area contributed by atoms with E-state index in [1.165, 1.54) is 15.6 Å². The molecule has 116 valence electrons. The average molecular weight is 366 g/mol. The highest BCUT2D eigenvalue weighted by molar-refractivity contribution is 8.00. The molecule has 2 aromatic heterocycles. The van der Waals surface area contributed by atoms with Gasteiger partial charge >= 0.3 is 0 Å². The first-order chi connectivity index (χ1) is 9.81. The Morgan fingerprint density at radius 2 is 2.14 bits per heavy atom. The monoisotopic (exact) mass is 365 g/mol. The summed E-state index contributed by atoms with van der Waals surface area (Å²) >= 11 is 9.25. The number of rotatable bonds is 2. The van der Waals surface area contributed by atoms with Gasteiger partial charge in [-0.2, -0.15) is 16.1 Å². The summed E-state index contributed by atoms with van der Waals surface area (Å²) in [5, 5.41) is 1.95. The first kappa shape index (κ1) is 15.6. The highest BCUT2D eigenvalue weighted by atomic mass is 35.5. The smallest absolute Gasteiger partial charge is 0.262 e. The van der Waals surface area contributed by atoms with E-state index in [0.29, 0.717) is 18.1 Å². The van der Waals surface area contributed by atoms with Crippen LogP contribution in [0.15, 0.2) is 16.6 Å². The molecule has 0 radical (unpaired) electrons. The number of imidazole rings is 1. The average Bonchev–Trinajstić information content (AvgIpc) is 2.85. The third-order valence-corrected chi connectivity index (χ3v) is 7.99. The molecule has 0 unspecified atom stereocenters. The molecule has 1 aliphatic heterocycles. The van der Waals surface area contributed by atoms with Crippen molar-refractivity contribution >= 4 is 49.7 Å². The zero-order chi connectivity index (χ0) is 15.3. The number of hydrogen-bond acceptors (Lipinski definition) is 5. The van der Waals surface area contributed by atoms with Gasteiger partial charge in [-0.25, -0.2) is 13.4 Å². The summed E-state index contributed by atoms with van der Waals surface area (Å²) in [7, 11) is -3.62. The Labute approximate surface area is 137 Å². The van der Waals surface area contributed by atoms with Crippen LogP contribution in [0.4, 0.5) is 0 Å². The molecule has 0 aromatic carbocycles. The molecule has 1 fully saturated rings. The Hall–Kier alpha value is -0.280. The van der Waals surface area contributed by atoms with E-state index in [2.05, 4.69) is 18.8 Å². The Balaban J connectivity index is 2.00. The minimum Gasteiger partial charge on any atom is -0.279 e. The third kappa shape index (κ3) is 2.84. The fraction of sp³-hybridized carbons (Fsp3) is 0.583. The molecule has 5 nitrogen and oxygen atoms in total. The van der Waals surface area contributed by atoms with Gasteiger partial charge in [0.05, 0.1) is 0 Å². The van der Waals surface area contributed by atoms with Crippen LogP contribution in [-0.4, -0.2) is 45.7 Å². The molecule has 3 rings (SSSR count). The lowest BCUT2D eigenvalue weighted by Gasteiger charge is -2.22. The molecule has 0 aliphatic carbocycles. The summed E-state index contributed by atoms with van der Waals surface area (Å²) in [6.45, 7) is 5.31. The number of nitrogens with zero attached hydrogens (tertiary/aromatic N) is 3. The molecule has 0 N–H and O–H groups in total. The van der Waals surface area contributed by atoms with Crippen LogP contribution in [0.2, 0.25) is 5.15 Å². The topological polar surface area (TPSA) is 54.7 Å². The van der Waals surface area contributed by atoms with Crippen molar-refractivity contribution in [3.8, 4) is 0 Å². The molecule has 0 bridgehead atoms. The fourth-order valence-electron chi connectivity index (χ4n) is 2.33. The second-order valence-electron chi connectivity index (χ2n) is 5.53. The molecule has 2 aromatic rings.